The summed E-state index contributed by atoms with van der Waals surface area (Å²) in [6.45, 7) is 1.81. The summed E-state index contributed by atoms with van der Waals surface area (Å²) in [6.07, 6.45) is 0. The van der Waals surface area contributed by atoms with Gasteiger partial charge in [-0.3, -0.25) is 9.59 Å². The van der Waals surface area contributed by atoms with Gasteiger partial charge < -0.3 is 10.2 Å². The molecule has 6 nitrogen and oxygen atoms in total. The molecule has 180 valence electrons. The van der Waals surface area contributed by atoms with Gasteiger partial charge in [0, 0.05) is 35.7 Å². The molecule has 0 unspecified atom stereocenters. The molecule has 0 saturated heterocycles. The summed E-state index contributed by atoms with van der Waals surface area (Å²) < 4.78 is 14.1. The molecule has 2 amide bonds. The molecule has 0 aliphatic rings. The van der Waals surface area contributed by atoms with Gasteiger partial charge in [0.2, 0.25) is 11.0 Å². The largest absolute Gasteiger partial charge is 0.345 e. The van der Waals surface area contributed by atoms with Crippen LogP contribution in [-0.4, -0.2) is 41.0 Å². The lowest BCUT2D eigenvalue weighted by Gasteiger charge is -2.22. The lowest BCUT2D eigenvalue weighted by molar-refractivity contribution is -0.119. The first-order valence-corrected chi connectivity index (χ1v) is 12.8. The lowest BCUT2D eigenvalue weighted by Crippen LogP contribution is -2.26. The van der Waals surface area contributed by atoms with Crippen molar-refractivity contribution in [1.82, 2.24) is 15.1 Å². The van der Waals surface area contributed by atoms with Crippen molar-refractivity contribution in [3.05, 3.63) is 87.0 Å². The molecule has 1 N–H and O–H groups in total. The maximum atomic E-state index is 14.1. The van der Waals surface area contributed by atoms with Crippen LogP contribution in [0.1, 0.15) is 33.6 Å². The lowest BCUT2D eigenvalue weighted by atomic mass is 9.85. The first-order valence-electron chi connectivity index (χ1n) is 10.7. The highest BCUT2D eigenvalue weighted by Gasteiger charge is 2.29. The number of carbonyl (C=O) groups is 2. The normalized spacial score (nSPS) is 12.7. The quantitative estimate of drug-likeness (QED) is 0.311. The van der Waals surface area contributed by atoms with E-state index in [1.54, 1.807) is 37.8 Å². The summed E-state index contributed by atoms with van der Waals surface area (Å²) in [4.78, 5) is 28.7. The maximum Gasteiger partial charge on any atom is 0.254 e. The van der Waals surface area contributed by atoms with E-state index < -0.39 is 5.92 Å². The molecular weight excluding hydrogens is 507 g/mol. The summed E-state index contributed by atoms with van der Waals surface area (Å²) in [7, 11) is 3.35. The van der Waals surface area contributed by atoms with Crippen LogP contribution in [0.25, 0.3) is 10.4 Å². The highest BCUT2D eigenvalue weighted by atomic mass is 35.5. The van der Waals surface area contributed by atoms with Gasteiger partial charge in [0.15, 0.2) is 0 Å². The summed E-state index contributed by atoms with van der Waals surface area (Å²) >= 11 is 9.14. The van der Waals surface area contributed by atoms with E-state index in [2.05, 4.69) is 15.5 Å². The Morgan fingerprint density at radius 3 is 2.57 bits per heavy atom. The molecule has 2 aromatic carbocycles. The van der Waals surface area contributed by atoms with E-state index in [1.807, 2.05) is 31.2 Å². The second-order valence-corrected chi connectivity index (χ2v) is 10.5. The molecule has 35 heavy (non-hydrogen) atoms. The molecule has 4 aromatic rings. The third-order valence-corrected chi connectivity index (χ3v) is 7.67. The Balaban J connectivity index is 1.68. The third kappa shape index (κ3) is 5.58. The zero-order chi connectivity index (χ0) is 25.1. The topological polar surface area (TPSA) is 75.2 Å². The number of aromatic nitrogens is 2. The van der Waals surface area contributed by atoms with Crippen LogP contribution in [-0.2, 0) is 4.79 Å². The molecule has 10 heteroatoms. The Kier molecular flexibility index (Phi) is 7.59. The SMILES string of the molecule is C[C@@H](C(=O)Nc1nncs1)[C@H](c1cccc(F)c1)c1ccc(-c2ccc(C(=O)N(C)C)c(Cl)c2)s1. The minimum atomic E-state index is -0.518. The van der Waals surface area contributed by atoms with Gasteiger partial charge >= 0.3 is 0 Å². The van der Waals surface area contributed by atoms with E-state index in [1.165, 1.54) is 39.7 Å². The van der Waals surface area contributed by atoms with E-state index in [9.17, 15) is 14.0 Å². The molecule has 2 atom stereocenters. The molecule has 0 fully saturated rings. The van der Waals surface area contributed by atoms with Crippen molar-refractivity contribution in [3.8, 4) is 10.4 Å². The van der Waals surface area contributed by atoms with Gasteiger partial charge in [0.05, 0.1) is 10.6 Å². The Morgan fingerprint density at radius 2 is 1.91 bits per heavy atom. The van der Waals surface area contributed by atoms with E-state index in [4.69, 9.17) is 11.6 Å². The number of thiophene rings is 1. The smallest absolute Gasteiger partial charge is 0.254 e. The van der Waals surface area contributed by atoms with Gasteiger partial charge in [-0.25, -0.2) is 4.39 Å². The average Bonchev–Trinajstić information content (AvgIpc) is 3.51. The Bertz CT molecular complexity index is 1360. The minimum Gasteiger partial charge on any atom is -0.345 e. The molecular formula is C25H22ClFN4O2S2. The van der Waals surface area contributed by atoms with Crippen molar-refractivity contribution < 1.29 is 14.0 Å². The van der Waals surface area contributed by atoms with E-state index in [0.29, 0.717) is 21.3 Å². The predicted octanol–water partition coefficient (Wildman–Crippen LogP) is 6.17. The van der Waals surface area contributed by atoms with Gasteiger partial charge in [0.1, 0.15) is 11.3 Å². The summed E-state index contributed by atoms with van der Waals surface area (Å²) in [5.74, 6) is -1.68. The number of anilines is 1. The highest BCUT2D eigenvalue weighted by molar-refractivity contribution is 7.15. The monoisotopic (exact) mass is 528 g/mol. The number of nitrogens with one attached hydrogen (secondary N) is 1. The van der Waals surface area contributed by atoms with Crippen LogP contribution in [0.3, 0.4) is 0 Å². The Labute approximate surface area is 215 Å². The zero-order valence-corrected chi connectivity index (χ0v) is 21.5. The molecule has 0 bridgehead atoms. The van der Waals surface area contributed by atoms with Crippen molar-refractivity contribution in [2.75, 3.05) is 19.4 Å². The summed E-state index contributed by atoms with van der Waals surface area (Å²) in [5.41, 5.74) is 3.52. The number of benzene rings is 2. The fourth-order valence-corrected chi connectivity index (χ4v) is 5.70. The summed E-state index contributed by atoms with van der Waals surface area (Å²) in [5, 5.41) is 11.2. The van der Waals surface area contributed by atoms with Crippen molar-refractivity contribution in [1.29, 1.82) is 0 Å². The van der Waals surface area contributed by atoms with Crippen molar-refractivity contribution in [2.24, 2.45) is 5.92 Å². The number of amides is 2. The van der Waals surface area contributed by atoms with Crippen LogP contribution in [0.2, 0.25) is 5.02 Å². The number of carbonyl (C=O) groups excluding carboxylic acids is 2. The van der Waals surface area contributed by atoms with Gasteiger partial charge in [-0.2, -0.15) is 0 Å². The molecule has 2 aromatic heterocycles. The predicted molar refractivity (Wildman–Crippen MR) is 139 cm³/mol. The van der Waals surface area contributed by atoms with Crippen LogP contribution in [0.5, 0.6) is 0 Å². The summed E-state index contributed by atoms with van der Waals surface area (Å²) in [6, 6.07) is 15.5. The fourth-order valence-electron chi connectivity index (χ4n) is 3.76. The minimum absolute atomic E-state index is 0.171. The van der Waals surface area contributed by atoms with Crippen LogP contribution >= 0.6 is 34.3 Å². The molecule has 0 spiro atoms. The molecule has 0 radical (unpaired) electrons. The van der Waals surface area contributed by atoms with Crippen LogP contribution < -0.4 is 5.32 Å². The number of nitrogens with zero attached hydrogens (tertiary/aromatic N) is 3. The maximum absolute atomic E-state index is 14.1. The van der Waals surface area contributed by atoms with E-state index in [0.717, 1.165) is 15.3 Å². The average molecular weight is 529 g/mol. The van der Waals surface area contributed by atoms with Gasteiger partial charge in [-0.1, -0.05) is 48.1 Å². The fraction of sp³-hybridized carbons (Fsp3) is 0.200. The molecule has 0 aliphatic carbocycles. The first-order chi connectivity index (χ1) is 16.7. The first kappa shape index (κ1) is 25.0. The van der Waals surface area contributed by atoms with Crippen molar-refractivity contribution in [2.45, 2.75) is 12.8 Å². The van der Waals surface area contributed by atoms with Crippen LogP contribution in [0, 0.1) is 11.7 Å². The number of hydrogen-bond donors (Lipinski definition) is 1. The van der Waals surface area contributed by atoms with E-state index >= 15 is 0 Å². The van der Waals surface area contributed by atoms with Crippen LogP contribution in [0.4, 0.5) is 9.52 Å². The highest BCUT2D eigenvalue weighted by Crippen LogP contribution is 2.40. The number of rotatable bonds is 7. The second kappa shape index (κ2) is 10.6. The standard InChI is InChI=1S/C25H22ClFN4O2S2/c1-14(23(32)29-25-30-28-13-34-25)22(16-5-4-6-17(27)11-16)21-10-9-20(35-21)15-7-8-18(19(26)12-15)24(33)31(2)3/h4-14,22H,1-3H3,(H,29,30,32)/t14-,22-/m1/s1. The molecule has 2 heterocycles. The third-order valence-electron chi connectivity index (χ3n) is 5.54. The number of hydrogen-bond acceptors (Lipinski definition) is 6. The zero-order valence-electron chi connectivity index (χ0n) is 19.2. The Hall–Kier alpha value is -3.14. The van der Waals surface area contributed by atoms with Gasteiger partial charge in [-0.15, -0.1) is 21.5 Å². The number of halogens is 2. The molecule has 0 aliphatic heterocycles. The van der Waals surface area contributed by atoms with Gasteiger partial charge in [0.25, 0.3) is 5.91 Å². The van der Waals surface area contributed by atoms with Gasteiger partial charge in [-0.05, 0) is 47.5 Å². The molecule has 0 saturated carbocycles. The Morgan fingerprint density at radius 1 is 1.11 bits per heavy atom. The van der Waals surface area contributed by atoms with E-state index in [-0.39, 0.29) is 23.5 Å². The second-order valence-electron chi connectivity index (χ2n) is 8.15. The van der Waals surface area contributed by atoms with Crippen LogP contribution in [0.15, 0.2) is 60.1 Å². The van der Waals surface area contributed by atoms with Crippen molar-refractivity contribution >= 4 is 51.2 Å². The molecule has 4 rings (SSSR count). The van der Waals surface area contributed by atoms with Crippen molar-refractivity contribution in [3.63, 3.8) is 0 Å².